The van der Waals surface area contributed by atoms with E-state index in [0.29, 0.717) is 0 Å². The second kappa shape index (κ2) is 4.70. The van der Waals surface area contributed by atoms with E-state index < -0.39 is 0 Å². The van der Waals surface area contributed by atoms with Crippen molar-refractivity contribution in [1.82, 2.24) is 4.90 Å². The SMILES string of the molecule is CN(C)C.[Ag]. The minimum atomic E-state index is 0. The molecule has 5 heavy (non-hydrogen) atoms. The molecule has 0 aromatic rings. The maximum absolute atomic E-state index is 2.00. The van der Waals surface area contributed by atoms with Crippen LogP contribution in [0.2, 0.25) is 0 Å². The van der Waals surface area contributed by atoms with Gasteiger partial charge in [-0.15, -0.1) is 0 Å². The van der Waals surface area contributed by atoms with Crippen LogP contribution in [0.5, 0.6) is 0 Å². The molecule has 0 aliphatic carbocycles. The fourth-order valence-corrected chi connectivity index (χ4v) is 0. The van der Waals surface area contributed by atoms with Crippen LogP contribution in [0.1, 0.15) is 0 Å². The Morgan fingerprint density at radius 1 is 1.00 bits per heavy atom. The smallest absolute Gasteiger partial charge is 0 e. The van der Waals surface area contributed by atoms with Crippen LogP contribution in [0.15, 0.2) is 0 Å². The molecule has 1 nitrogen and oxygen atoms in total. The number of nitrogens with zero attached hydrogens (tertiary/aromatic N) is 1. The van der Waals surface area contributed by atoms with E-state index in [0.717, 1.165) is 0 Å². The van der Waals surface area contributed by atoms with Crippen molar-refractivity contribution in [3.05, 3.63) is 0 Å². The van der Waals surface area contributed by atoms with Gasteiger partial charge in [0.25, 0.3) is 0 Å². The van der Waals surface area contributed by atoms with Crippen molar-refractivity contribution in [3.8, 4) is 0 Å². The Balaban J connectivity index is 0. The average Bonchev–Trinajstić information content (AvgIpc) is 0.811. The third kappa shape index (κ3) is 69.9. The molecule has 0 spiro atoms. The summed E-state index contributed by atoms with van der Waals surface area (Å²) >= 11 is 0. The van der Waals surface area contributed by atoms with E-state index in [-0.39, 0.29) is 22.4 Å². The van der Waals surface area contributed by atoms with Crippen LogP contribution in [0.4, 0.5) is 0 Å². The van der Waals surface area contributed by atoms with Gasteiger partial charge in [-0.2, -0.15) is 0 Å². The Labute approximate surface area is 48.9 Å². The Hall–Kier alpha value is 0.700. The van der Waals surface area contributed by atoms with E-state index in [1.54, 1.807) is 0 Å². The Morgan fingerprint density at radius 3 is 1.00 bits per heavy atom. The van der Waals surface area contributed by atoms with Crippen LogP contribution in [-0.4, -0.2) is 26.0 Å². The van der Waals surface area contributed by atoms with Gasteiger partial charge in [-0.25, -0.2) is 0 Å². The van der Waals surface area contributed by atoms with E-state index in [4.69, 9.17) is 0 Å². The topological polar surface area (TPSA) is 3.24 Å². The van der Waals surface area contributed by atoms with Crippen LogP contribution in [-0.2, 0) is 22.4 Å². The second-order valence-electron chi connectivity index (χ2n) is 1.34. The quantitative estimate of drug-likeness (QED) is 0.465. The van der Waals surface area contributed by atoms with Gasteiger partial charge < -0.3 is 4.90 Å². The summed E-state index contributed by atoms with van der Waals surface area (Å²) < 4.78 is 0. The molecule has 0 aliphatic heterocycles. The predicted molar refractivity (Wildman–Crippen MR) is 19.6 cm³/mol. The Morgan fingerprint density at radius 2 is 1.00 bits per heavy atom. The van der Waals surface area contributed by atoms with Gasteiger partial charge in [0.05, 0.1) is 0 Å². The molecule has 2 heteroatoms. The van der Waals surface area contributed by atoms with Crippen molar-refractivity contribution in [2.45, 2.75) is 0 Å². The first kappa shape index (κ1) is 9.20. The van der Waals surface area contributed by atoms with Crippen LogP contribution in [0, 0.1) is 0 Å². The molecular weight excluding hydrogens is 158 g/mol. The fourth-order valence-electron chi connectivity index (χ4n) is 0. The van der Waals surface area contributed by atoms with E-state index in [1.807, 2.05) is 26.0 Å². The van der Waals surface area contributed by atoms with Crippen LogP contribution >= 0.6 is 0 Å². The standard InChI is InChI=1S/C3H9N.Ag/c1-4(2)3;/h1-3H3;. The molecule has 0 aromatic carbocycles. The van der Waals surface area contributed by atoms with Gasteiger partial charge in [0.2, 0.25) is 0 Å². The summed E-state index contributed by atoms with van der Waals surface area (Å²) in [6.45, 7) is 0. The summed E-state index contributed by atoms with van der Waals surface area (Å²) in [6, 6.07) is 0. The van der Waals surface area contributed by atoms with Gasteiger partial charge in [-0.3, -0.25) is 0 Å². The summed E-state index contributed by atoms with van der Waals surface area (Å²) in [5.41, 5.74) is 0. The van der Waals surface area contributed by atoms with Gasteiger partial charge in [-0.1, -0.05) is 0 Å². The fraction of sp³-hybridized carbons (Fsp3) is 1.00. The van der Waals surface area contributed by atoms with Crippen molar-refractivity contribution in [2.75, 3.05) is 21.1 Å². The van der Waals surface area contributed by atoms with Crippen molar-refractivity contribution in [2.24, 2.45) is 0 Å². The molecule has 0 N–H and O–H groups in total. The van der Waals surface area contributed by atoms with Crippen molar-refractivity contribution in [1.29, 1.82) is 0 Å². The largest absolute Gasteiger partial charge is 0.312 e. The third-order valence-electron chi connectivity index (χ3n) is 0. The number of hydrogen-bond acceptors (Lipinski definition) is 1. The molecule has 0 amide bonds. The summed E-state index contributed by atoms with van der Waals surface area (Å²) in [5, 5.41) is 0. The van der Waals surface area contributed by atoms with Gasteiger partial charge in [0.1, 0.15) is 0 Å². The zero-order valence-corrected chi connectivity index (χ0v) is 5.23. The summed E-state index contributed by atoms with van der Waals surface area (Å²) in [7, 11) is 6.00. The molecule has 37 valence electrons. The Bertz CT molecular complexity index is 11.6. The minimum Gasteiger partial charge on any atom is -0.312 e. The molecule has 0 aromatic heterocycles. The maximum atomic E-state index is 2.00. The molecule has 0 bridgehead atoms. The van der Waals surface area contributed by atoms with E-state index >= 15 is 0 Å². The van der Waals surface area contributed by atoms with Crippen LogP contribution < -0.4 is 0 Å². The number of rotatable bonds is 0. The minimum absolute atomic E-state index is 0. The maximum Gasteiger partial charge on any atom is 0 e. The molecule has 0 unspecified atom stereocenters. The molecule has 0 aliphatic rings. The van der Waals surface area contributed by atoms with Crippen LogP contribution in [0.25, 0.3) is 0 Å². The predicted octanol–water partition coefficient (Wildman–Crippen LogP) is 0.175. The van der Waals surface area contributed by atoms with Crippen molar-refractivity contribution >= 4 is 0 Å². The normalized spacial score (nSPS) is 7.20. The zero-order chi connectivity index (χ0) is 3.58. The molecule has 0 rings (SSSR count). The first-order chi connectivity index (χ1) is 1.73. The van der Waals surface area contributed by atoms with Gasteiger partial charge in [-0.05, 0) is 21.1 Å². The summed E-state index contributed by atoms with van der Waals surface area (Å²) in [6.07, 6.45) is 0. The third-order valence-corrected chi connectivity index (χ3v) is 0. The van der Waals surface area contributed by atoms with E-state index in [1.165, 1.54) is 0 Å². The monoisotopic (exact) mass is 166 g/mol. The molecule has 0 fully saturated rings. The average molecular weight is 167 g/mol. The molecule has 0 saturated heterocycles. The van der Waals surface area contributed by atoms with Crippen LogP contribution in [0.3, 0.4) is 0 Å². The first-order valence-corrected chi connectivity index (χ1v) is 1.34. The second-order valence-corrected chi connectivity index (χ2v) is 1.34. The number of hydrogen-bond donors (Lipinski definition) is 0. The molecule has 0 heterocycles. The van der Waals surface area contributed by atoms with E-state index in [9.17, 15) is 0 Å². The van der Waals surface area contributed by atoms with E-state index in [2.05, 4.69) is 0 Å². The van der Waals surface area contributed by atoms with Gasteiger partial charge >= 0.3 is 0 Å². The molecule has 1 radical (unpaired) electrons. The molecule has 0 atom stereocenters. The summed E-state index contributed by atoms with van der Waals surface area (Å²) in [4.78, 5) is 2.00. The van der Waals surface area contributed by atoms with Gasteiger partial charge in [0.15, 0.2) is 0 Å². The summed E-state index contributed by atoms with van der Waals surface area (Å²) in [5.74, 6) is 0. The van der Waals surface area contributed by atoms with Crippen molar-refractivity contribution < 1.29 is 22.4 Å². The first-order valence-electron chi connectivity index (χ1n) is 1.34. The molecular formula is C3H9AgN. The Kier molecular flexibility index (Phi) is 8.65. The van der Waals surface area contributed by atoms with Gasteiger partial charge in [0, 0.05) is 22.4 Å². The zero-order valence-electron chi connectivity index (χ0n) is 3.75. The van der Waals surface area contributed by atoms with Crippen molar-refractivity contribution in [3.63, 3.8) is 0 Å². The molecule has 0 saturated carbocycles.